The zero-order valence-corrected chi connectivity index (χ0v) is 25.0. The van der Waals surface area contributed by atoms with Gasteiger partial charge in [0.05, 0.1) is 25.5 Å². The molecule has 0 radical (unpaired) electrons. The Kier molecular flexibility index (Phi) is 9.47. The summed E-state index contributed by atoms with van der Waals surface area (Å²) >= 11 is 0. The Hall–Kier alpha value is -4.26. The summed E-state index contributed by atoms with van der Waals surface area (Å²) in [6.07, 6.45) is 2.30. The van der Waals surface area contributed by atoms with Crippen LogP contribution in [0.2, 0.25) is 0 Å². The molecule has 236 valence electrons. The molecular weight excluding hydrogens is 570 g/mol. The molecule has 0 bridgehead atoms. The summed E-state index contributed by atoms with van der Waals surface area (Å²) < 4.78 is 5.16. The van der Waals surface area contributed by atoms with Crippen molar-refractivity contribution in [1.82, 2.24) is 15.2 Å². The number of aliphatic carboxylic acids is 3. The summed E-state index contributed by atoms with van der Waals surface area (Å²) in [5.74, 6) is -5.20. The number of benzene rings is 2. The molecule has 1 fully saturated rings. The molecule has 1 saturated carbocycles. The lowest BCUT2D eigenvalue weighted by atomic mass is 9.65. The zero-order valence-electron chi connectivity index (χ0n) is 25.0. The van der Waals surface area contributed by atoms with Gasteiger partial charge in [0.15, 0.2) is 5.60 Å². The van der Waals surface area contributed by atoms with Crippen LogP contribution in [0.1, 0.15) is 55.3 Å². The Morgan fingerprint density at radius 3 is 2.00 bits per heavy atom. The standard InChI is InChI=1S/C26H31N3O2.C6H8O7/c1-29(2)26(18-9-5-4-6-10-18)15-13-25(14-16-26)23-20(17-22(28-25)24(30)31-3)19-11-7-8-12-21(19)27-23;7-3(8)1-6(13,5(11)12)2-4(9)10/h4-12,22,27-28H,13-17H2,1-3H3;13H,1-2H2,(H,7,8)(H,9,10)(H,11,12)/t22-,25?,26?;/m0./s1. The highest BCUT2D eigenvalue weighted by Gasteiger charge is 2.51. The Bertz CT molecular complexity index is 1510. The van der Waals surface area contributed by atoms with Crippen LogP contribution in [0.4, 0.5) is 0 Å². The quantitative estimate of drug-likeness (QED) is 0.206. The number of hydrogen-bond acceptors (Lipinski definition) is 8. The van der Waals surface area contributed by atoms with Gasteiger partial charge in [-0.2, -0.15) is 0 Å². The monoisotopic (exact) mass is 609 g/mol. The first-order valence-corrected chi connectivity index (χ1v) is 14.3. The first-order valence-electron chi connectivity index (χ1n) is 14.3. The average Bonchev–Trinajstić information content (AvgIpc) is 3.37. The van der Waals surface area contributed by atoms with E-state index in [9.17, 15) is 19.2 Å². The summed E-state index contributed by atoms with van der Waals surface area (Å²) in [4.78, 5) is 49.2. The Labute approximate surface area is 254 Å². The lowest BCUT2D eigenvalue weighted by Crippen LogP contribution is -2.60. The van der Waals surface area contributed by atoms with Crippen LogP contribution in [-0.2, 0) is 41.4 Å². The van der Waals surface area contributed by atoms with Crippen molar-refractivity contribution in [3.63, 3.8) is 0 Å². The average molecular weight is 610 g/mol. The van der Waals surface area contributed by atoms with E-state index in [1.54, 1.807) is 0 Å². The predicted molar refractivity (Wildman–Crippen MR) is 160 cm³/mol. The van der Waals surface area contributed by atoms with Crippen LogP contribution in [0, 0.1) is 0 Å². The topological polar surface area (TPSA) is 189 Å². The number of carboxylic acid groups (broad SMARTS) is 3. The summed E-state index contributed by atoms with van der Waals surface area (Å²) in [6, 6.07) is 19.0. The minimum atomic E-state index is -2.74. The molecule has 2 aliphatic rings. The third kappa shape index (κ3) is 6.33. The Morgan fingerprint density at radius 2 is 1.48 bits per heavy atom. The molecule has 0 amide bonds. The van der Waals surface area contributed by atoms with Gasteiger partial charge in [-0.15, -0.1) is 0 Å². The molecule has 44 heavy (non-hydrogen) atoms. The van der Waals surface area contributed by atoms with Crippen LogP contribution in [0.25, 0.3) is 10.9 Å². The fraction of sp³-hybridized carbons (Fsp3) is 0.438. The molecule has 12 nitrogen and oxygen atoms in total. The van der Waals surface area contributed by atoms with Crippen molar-refractivity contribution < 1.29 is 44.3 Å². The van der Waals surface area contributed by atoms with Crippen molar-refractivity contribution >= 4 is 34.8 Å². The fourth-order valence-corrected chi connectivity index (χ4v) is 6.71. The molecule has 1 aromatic heterocycles. The van der Waals surface area contributed by atoms with Crippen LogP contribution in [0.3, 0.4) is 0 Å². The number of hydrogen-bond donors (Lipinski definition) is 6. The summed E-state index contributed by atoms with van der Waals surface area (Å²) in [6.45, 7) is 0. The number of rotatable bonds is 8. The van der Waals surface area contributed by atoms with Gasteiger partial charge in [-0.05, 0) is 57.0 Å². The van der Waals surface area contributed by atoms with Crippen LogP contribution in [0.5, 0.6) is 0 Å². The van der Waals surface area contributed by atoms with Crippen LogP contribution >= 0.6 is 0 Å². The summed E-state index contributed by atoms with van der Waals surface area (Å²) in [7, 11) is 5.85. The number of esters is 1. The fourth-order valence-electron chi connectivity index (χ4n) is 6.71. The highest BCUT2D eigenvalue weighted by Crippen LogP contribution is 2.51. The number of para-hydroxylation sites is 1. The van der Waals surface area contributed by atoms with E-state index in [1.165, 1.54) is 29.3 Å². The van der Waals surface area contributed by atoms with E-state index < -0.39 is 36.4 Å². The molecule has 1 aliphatic carbocycles. The van der Waals surface area contributed by atoms with Gasteiger partial charge in [-0.1, -0.05) is 48.5 Å². The molecule has 1 atom stereocenters. The van der Waals surface area contributed by atoms with Gasteiger partial charge in [0.2, 0.25) is 0 Å². The summed E-state index contributed by atoms with van der Waals surface area (Å²) in [5, 5.41) is 38.8. The van der Waals surface area contributed by atoms with Gasteiger partial charge in [0.1, 0.15) is 6.04 Å². The van der Waals surface area contributed by atoms with Gasteiger partial charge in [-0.3, -0.25) is 24.6 Å². The van der Waals surface area contributed by atoms with Crippen LogP contribution in [0.15, 0.2) is 54.6 Å². The molecule has 0 unspecified atom stereocenters. The second-order valence-corrected chi connectivity index (χ2v) is 11.8. The first kappa shape index (κ1) is 32.6. The number of H-pyrrole nitrogens is 1. The van der Waals surface area contributed by atoms with E-state index in [4.69, 9.17) is 25.2 Å². The van der Waals surface area contributed by atoms with Gasteiger partial charge in [0, 0.05) is 28.6 Å². The van der Waals surface area contributed by atoms with Crippen molar-refractivity contribution in [2.24, 2.45) is 0 Å². The largest absolute Gasteiger partial charge is 0.481 e. The van der Waals surface area contributed by atoms with Crippen molar-refractivity contribution in [2.45, 2.75) is 67.7 Å². The lowest BCUT2D eigenvalue weighted by molar-refractivity contribution is -0.170. The van der Waals surface area contributed by atoms with E-state index in [2.05, 4.69) is 83.9 Å². The van der Waals surface area contributed by atoms with E-state index >= 15 is 0 Å². The molecule has 12 heteroatoms. The molecule has 3 aromatic rings. The number of carbonyl (C=O) groups excluding carboxylic acids is 1. The van der Waals surface area contributed by atoms with E-state index in [1.807, 2.05) is 0 Å². The number of aliphatic hydroxyl groups is 1. The molecule has 1 spiro atoms. The van der Waals surface area contributed by atoms with Crippen molar-refractivity contribution in [3.05, 3.63) is 71.4 Å². The van der Waals surface area contributed by atoms with Crippen molar-refractivity contribution in [2.75, 3.05) is 21.2 Å². The number of nitrogens with one attached hydrogen (secondary N) is 2. The second kappa shape index (κ2) is 12.8. The minimum Gasteiger partial charge on any atom is -0.481 e. The SMILES string of the molecule is COC(=O)[C@@H]1Cc2c([nH]c3ccccc23)C2(CCC(c3ccccc3)(N(C)C)CC2)N1.O=C(O)CC(O)(CC(=O)O)C(=O)O. The predicted octanol–water partition coefficient (Wildman–Crippen LogP) is 2.83. The molecular formula is C32H39N3O9. The van der Waals surface area contributed by atoms with Gasteiger partial charge < -0.3 is 30.1 Å². The van der Waals surface area contributed by atoms with E-state index in [0.29, 0.717) is 6.42 Å². The highest BCUT2D eigenvalue weighted by molar-refractivity contribution is 5.88. The second-order valence-electron chi connectivity index (χ2n) is 11.8. The normalized spacial score (nSPS) is 23.0. The van der Waals surface area contributed by atoms with Crippen molar-refractivity contribution in [1.29, 1.82) is 0 Å². The smallest absolute Gasteiger partial charge is 0.336 e. The number of methoxy groups -OCH3 is 1. The molecule has 2 heterocycles. The maximum Gasteiger partial charge on any atom is 0.336 e. The van der Waals surface area contributed by atoms with E-state index in [-0.39, 0.29) is 23.1 Å². The molecule has 2 aromatic carbocycles. The maximum absolute atomic E-state index is 12.6. The third-order valence-corrected chi connectivity index (χ3v) is 9.02. The van der Waals surface area contributed by atoms with Crippen molar-refractivity contribution in [3.8, 4) is 0 Å². The number of ether oxygens (including phenoxy) is 1. The lowest BCUT2D eigenvalue weighted by Gasteiger charge is -2.52. The zero-order chi connectivity index (χ0) is 32.3. The first-order chi connectivity index (χ1) is 20.8. The Balaban J connectivity index is 0.000000289. The third-order valence-electron chi connectivity index (χ3n) is 9.02. The van der Waals surface area contributed by atoms with Gasteiger partial charge in [0.25, 0.3) is 0 Å². The Morgan fingerprint density at radius 1 is 0.909 bits per heavy atom. The van der Waals surface area contributed by atoms with Crippen LogP contribution in [-0.4, -0.2) is 87.0 Å². The maximum atomic E-state index is 12.6. The highest BCUT2D eigenvalue weighted by atomic mass is 16.5. The molecule has 0 saturated heterocycles. The van der Waals surface area contributed by atoms with Crippen LogP contribution < -0.4 is 5.32 Å². The number of carboxylic acids is 3. The summed E-state index contributed by atoms with van der Waals surface area (Å²) in [5.41, 5.74) is 2.05. The number of carbonyl (C=O) groups is 4. The molecule has 5 rings (SSSR count). The number of aromatic nitrogens is 1. The number of fused-ring (bicyclic) bond motifs is 4. The van der Waals surface area contributed by atoms with Gasteiger partial charge in [-0.25, -0.2) is 4.79 Å². The molecule has 6 N–H and O–H groups in total. The van der Waals surface area contributed by atoms with E-state index in [0.717, 1.165) is 31.2 Å². The van der Waals surface area contributed by atoms with Gasteiger partial charge >= 0.3 is 23.9 Å². The number of aromatic amines is 1. The molecule has 1 aliphatic heterocycles. The number of nitrogens with zero attached hydrogens (tertiary/aromatic N) is 1. The minimum absolute atomic E-state index is 0.00141.